The van der Waals surface area contributed by atoms with Crippen LogP contribution in [0.2, 0.25) is 0 Å². The molecular weight excluding hydrogens is 262 g/mol. The van der Waals surface area contributed by atoms with Crippen molar-refractivity contribution in [2.75, 3.05) is 13.1 Å². The number of nitrogens with one attached hydrogen (secondary N) is 3. The zero-order chi connectivity index (χ0) is 15.3. The fourth-order valence-electron chi connectivity index (χ4n) is 2.80. The van der Waals surface area contributed by atoms with Gasteiger partial charge in [0.15, 0.2) is 0 Å². The largest absolute Gasteiger partial charge is 0.353 e. The molecule has 1 aromatic carbocycles. The molecule has 1 amide bonds. The molecule has 1 aliphatic heterocycles. The maximum Gasteiger partial charge on any atom is 0.237 e. The average Bonchev–Trinajstić information content (AvgIpc) is 2.99. The van der Waals surface area contributed by atoms with Crippen LogP contribution < -0.4 is 16.0 Å². The molecule has 1 saturated heterocycles. The van der Waals surface area contributed by atoms with Gasteiger partial charge in [0.1, 0.15) is 0 Å². The molecule has 4 heteroatoms. The molecule has 1 aromatic rings. The van der Waals surface area contributed by atoms with Crippen LogP contribution in [0.3, 0.4) is 0 Å². The molecule has 1 heterocycles. The minimum Gasteiger partial charge on any atom is -0.353 e. The highest BCUT2D eigenvalue weighted by Gasteiger charge is 2.25. The Bertz CT molecular complexity index is 452. The van der Waals surface area contributed by atoms with Gasteiger partial charge >= 0.3 is 0 Å². The van der Waals surface area contributed by atoms with E-state index in [0.29, 0.717) is 6.54 Å². The predicted molar refractivity (Wildman–Crippen MR) is 86.1 cm³/mol. The minimum atomic E-state index is -0.149. The average molecular weight is 289 g/mol. The first-order valence-electron chi connectivity index (χ1n) is 7.82. The van der Waals surface area contributed by atoms with Crippen molar-refractivity contribution < 1.29 is 4.79 Å². The number of hydrogen-bond donors (Lipinski definition) is 3. The molecular formula is C17H27N3O. The van der Waals surface area contributed by atoms with Gasteiger partial charge in [0.05, 0.1) is 6.04 Å². The molecule has 0 saturated carbocycles. The molecule has 4 nitrogen and oxygen atoms in total. The molecule has 0 bridgehead atoms. The Balaban J connectivity index is 1.82. The van der Waals surface area contributed by atoms with Crippen LogP contribution in [0.15, 0.2) is 30.3 Å². The summed E-state index contributed by atoms with van der Waals surface area (Å²) in [4.78, 5) is 12.0. The summed E-state index contributed by atoms with van der Waals surface area (Å²) in [6.07, 6.45) is 2.03. The first-order chi connectivity index (χ1) is 9.98. The lowest BCUT2D eigenvalue weighted by Crippen LogP contribution is -2.52. The van der Waals surface area contributed by atoms with Crippen LogP contribution in [-0.4, -0.2) is 30.6 Å². The van der Waals surface area contributed by atoms with Gasteiger partial charge in [-0.1, -0.05) is 30.3 Å². The topological polar surface area (TPSA) is 53.2 Å². The van der Waals surface area contributed by atoms with Gasteiger partial charge in [-0.3, -0.25) is 4.79 Å². The fraction of sp³-hybridized carbons (Fsp3) is 0.588. The van der Waals surface area contributed by atoms with Gasteiger partial charge in [0.25, 0.3) is 0 Å². The third-order valence-corrected chi connectivity index (χ3v) is 3.99. The van der Waals surface area contributed by atoms with E-state index in [4.69, 9.17) is 0 Å². The lowest BCUT2D eigenvalue weighted by molar-refractivity contribution is -0.123. The van der Waals surface area contributed by atoms with E-state index in [1.54, 1.807) is 0 Å². The molecule has 0 aromatic heterocycles. The molecule has 0 radical (unpaired) electrons. The van der Waals surface area contributed by atoms with E-state index in [1.807, 2.05) is 18.2 Å². The van der Waals surface area contributed by atoms with E-state index < -0.39 is 0 Å². The monoisotopic (exact) mass is 289 g/mol. The van der Waals surface area contributed by atoms with Crippen molar-refractivity contribution in [3.05, 3.63) is 35.9 Å². The maximum absolute atomic E-state index is 12.0. The van der Waals surface area contributed by atoms with Crippen LogP contribution in [-0.2, 0) is 4.79 Å². The Hall–Kier alpha value is -1.39. The molecule has 1 unspecified atom stereocenters. The number of benzene rings is 1. The molecule has 3 N–H and O–H groups in total. The van der Waals surface area contributed by atoms with Crippen molar-refractivity contribution in [2.24, 2.45) is 0 Å². The maximum atomic E-state index is 12.0. The molecule has 1 aliphatic rings. The molecule has 116 valence electrons. The highest BCUT2D eigenvalue weighted by atomic mass is 16.2. The van der Waals surface area contributed by atoms with Crippen molar-refractivity contribution in [3.63, 3.8) is 0 Å². The second kappa shape index (κ2) is 7.05. The number of amides is 1. The molecule has 0 spiro atoms. The summed E-state index contributed by atoms with van der Waals surface area (Å²) in [5.41, 5.74) is 1.11. The van der Waals surface area contributed by atoms with Gasteiger partial charge in [-0.2, -0.15) is 0 Å². The third-order valence-electron chi connectivity index (χ3n) is 3.99. The van der Waals surface area contributed by atoms with Crippen molar-refractivity contribution in [3.8, 4) is 0 Å². The second-order valence-corrected chi connectivity index (χ2v) is 6.53. The summed E-state index contributed by atoms with van der Waals surface area (Å²) >= 11 is 0. The summed E-state index contributed by atoms with van der Waals surface area (Å²) in [6.45, 7) is 7.97. The van der Waals surface area contributed by atoms with Crippen molar-refractivity contribution >= 4 is 5.91 Å². The summed E-state index contributed by atoms with van der Waals surface area (Å²) < 4.78 is 0. The van der Waals surface area contributed by atoms with Crippen LogP contribution in [0.25, 0.3) is 0 Å². The second-order valence-electron chi connectivity index (χ2n) is 6.53. The first kappa shape index (κ1) is 16.0. The lowest BCUT2D eigenvalue weighted by atomic mass is 10.0. The highest BCUT2D eigenvalue weighted by molar-refractivity contribution is 5.82. The van der Waals surface area contributed by atoms with Gasteiger partial charge < -0.3 is 16.0 Å². The Labute approximate surface area is 127 Å². The first-order valence-corrected chi connectivity index (χ1v) is 7.82. The van der Waals surface area contributed by atoms with Crippen LogP contribution in [0.1, 0.15) is 45.2 Å². The normalized spacial score (nSPS) is 20.2. The van der Waals surface area contributed by atoms with Gasteiger partial charge in [-0.25, -0.2) is 0 Å². The molecule has 2 rings (SSSR count). The fourth-order valence-corrected chi connectivity index (χ4v) is 2.80. The number of carbonyl (C=O) groups is 1. The number of hydrogen-bond acceptors (Lipinski definition) is 3. The molecule has 1 fully saturated rings. The van der Waals surface area contributed by atoms with E-state index in [-0.39, 0.29) is 23.5 Å². The summed E-state index contributed by atoms with van der Waals surface area (Å²) in [6, 6.07) is 10.6. The molecule has 0 aliphatic carbocycles. The highest BCUT2D eigenvalue weighted by Crippen LogP contribution is 2.15. The van der Waals surface area contributed by atoms with Gasteiger partial charge in [0.2, 0.25) is 5.91 Å². The standard InChI is InChI=1S/C17H27N3O/c1-13(14-8-5-4-6-9-14)20-17(2,3)12-19-16(21)15-10-7-11-18-15/h4-6,8-9,13,15,18,20H,7,10-12H2,1-3H3,(H,19,21)/t13?,15-/m0/s1. The van der Waals surface area contributed by atoms with Crippen LogP contribution in [0.4, 0.5) is 0 Å². The van der Waals surface area contributed by atoms with E-state index in [0.717, 1.165) is 19.4 Å². The Kier molecular flexibility index (Phi) is 5.37. The number of rotatable bonds is 6. The van der Waals surface area contributed by atoms with E-state index in [9.17, 15) is 4.79 Å². The Morgan fingerprint density at radius 2 is 2.10 bits per heavy atom. The predicted octanol–water partition coefficient (Wildman–Crippen LogP) is 1.98. The summed E-state index contributed by atoms with van der Waals surface area (Å²) in [5.74, 6) is 0.120. The molecule has 21 heavy (non-hydrogen) atoms. The van der Waals surface area contributed by atoms with Crippen molar-refractivity contribution in [1.82, 2.24) is 16.0 Å². The molecule has 2 atom stereocenters. The Morgan fingerprint density at radius 3 is 2.71 bits per heavy atom. The van der Waals surface area contributed by atoms with E-state index in [1.165, 1.54) is 5.56 Å². The zero-order valence-corrected chi connectivity index (χ0v) is 13.3. The smallest absolute Gasteiger partial charge is 0.237 e. The third kappa shape index (κ3) is 4.83. The summed E-state index contributed by atoms with van der Waals surface area (Å²) in [7, 11) is 0. The van der Waals surface area contributed by atoms with Crippen LogP contribution in [0.5, 0.6) is 0 Å². The van der Waals surface area contributed by atoms with Crippen LogP contribution in [0, 0.1) is 0 Å². The van der Waals surface area contributed by atoms with Crippen molar-refractivity contribution in [2.45, 2.75) is 51.2 Å². The lowest BCUT2D eigenvalue weighted by Gasteiger charge is -2.31. The van der Waals surface area contributed by atoms with Gasteiger partial charge in [0, 0.05) is 18.1 Å². The minimum absolute atomic E-state index is 0.00709. The van der Waals surface area contributed by atoms with E-state index >= 15 is 0 Å². The van der Waals surface area contributed by atoms with Crippen molar-refractivity contribution in [1.29, 1.82) is 0 Å². The summed E-state index contributed by atoms with van der Waals surface area (Å²) in [5, 5.41) is 9.87. The van der Waals surface area contributed by atoms with E-state index in [2.05, 4.69) is 48.9 Å². The quantitative estimate of drug-likeness (QED) is 0.750. The Morgan fingerprint density at radius 1 is 1.38 bits per heavy atom. The number of carbonyl (C=O) groups excluding carboxylic acids is 1. The SMILES string of the molecule is CC(NC(C)(C)CNC(=O)[C@@H]1CCCN1)c1ccccc1. The zero-order valence-electron chi connectivity index (χ0n) is 13.3. The van der Waals surface area contributed by atoms with Gasteiger partial charge in [-0.15, -0.1) is 0 Å². The van der Waals surface area contributed by atoms with Gasteiger partial charge in [-0.05, 0) is 45.7 Å². The van der Waals surface area contributed by atoms with Crippen LogP contribution >= 0.6 is 0 Å².